The zero-order chi connectivity index (χ0) is 15.7. The van der Waals surface area contributed by atoms with Gasteiger partial charge >= 0.3 is 0 Å². The SMILES string of the molecule is CC(C)(C)Oc1cc(-c2ccc(Cl)cc2)nc2ccccc12. The van der Waals surface area contributed by atoms with Crippen molar-refractivity contribution >= 4 is 22.5 Å². The van der Waals surface area contributed by atoms with Crippen molar-refractivity contribution in [2.45, 2.75) is 26.4 Å². The van der Waals surface area contributed by atoms with Crippen LogP contribution >= 0.6 is 11.6 Å². The first-order valence-electron chi connectivity index (χ1n) is 7.27. The molecule has 0 radical (unpaired) electrons. The maximum absolute atomic E-state index is 6.13. The van der Waals surface area contributed by atoms with Gasteiger partial charge in [0.1, 0.15) is 11.4 Å². The summed E-state index contributed by atoms with van der Waals surface area (Å²) in [6, 6.07) is 17.7. The maximum atomic E-state index is 6.13. The Balaban J connectivity index is 2.18. The van der Waals surface area contributed by atoms with E-state index in [1.165, 1.54) is 0 Å². The van der Waals surface area contributed by atoms with Crippen molar-refractivity contribution in [3.63, 3.8) is 0 Å². The number of fused-ring (bicyclic) bond motifs is 1. The molecule has 0 saturated heterocycles. The monoisotopic (exact) mass is 311 g/mol. The second-order valence-electron chi connectivity index (χ2n) is 6.24. The Hall–Kier alpha value is -2.06. The number of aromatic nitrogens is 1. The summed E-state index contributed by atoms with van der Waals surface area (Å²) >= 11 is 5.97. The lowest BCUT2D eigenvalue weighted by molar-refractivity contribution is 0.133. The van der Waals surface area contributed by atoms with Gasteiger partial charge in [-0.25, -0.2) is 4.98 Å². The first-order chi connectivity index (χ1) is 10.4. The average molecular weight is 312 g/mol. The molecule has 1 heterocycles. The molecular formula is C19H18ClNO. The number of ether oxygens (including phenoxy) is 1. The van der Waals surface area contributed by atoms with Gasteiger partial charge in [-0.15, -0.1) is 0 Å². The number of hydrogen-bond donors (Lipinski definition) is 0. The molecule has 0 N–H and O–H groups in total. The number of hydrogen-bond acceptors (Lipinski definition) is 2. The molecule has 0 bridgehead atoms. The van der Waals surface area contributed by atoms with Crippen LogP contribution in [0.5, 0.6) is 5.75 Å². The minimum Gasteiger partial charge on any atom is -0.487 e. The Morgan fingerprint density at radius 3 is 2.32 bits per heavy atom. The molecule has 112 valence electrons. The molecule has 0 amide bonds. The van der Waals surface area contributed by atoms with E-state index in [0.717, 1.165) is 32.9 Å². The van der Waals surface area contributed by atoms with Crippen molar-refractivity contribution in [2.75, 3.05) is 0 Å². The molecule has 3 heteroatoms. The Bertz CT molecular complexity index is 804. The summed E-state index contributed by atoms with van der Waals surface area (Å²) in [7, 11) is 0. The summed E-state index contributed by atoms with van der Waals surface area (Å²) in [6.07, 6.45) is 0. The summed E-state index contributed by atoms with van der Waals surface area (Å²) < 4.78 is 6.13. The molecule has 0 aliphatic carbocycles. The zero-order valence-corrected chi connectivity index (χ0v) is 13.7. The van der Waals surface area contributed by atoms with E-state index < -0.39 is 0 Å². The van der Waals surface area contributed by atoms with E-state index >= 15 is 0 Å². The van der Waals surface area contributed by atoms with E-state index in [9.17, 15) is 0 Å². The largest absolute Gasteiger partial charge is 0.487 e. The third-order valence-electron chi connectivity index (χ3n) is 3.23. The Morgan fingerprint density at radius 2 is 1.64 bits per heavy atom. The van der Waals surface area contributed by atoms with Crippen molar-refractivity contribution in [1.29, 1.82) is 0 Å². The zero-order valence-electron chi connectivity index (χ0n) is 12.9. The lowest BCUT2D eigenvalue weighted by atomic mass is 10.1. The van der Waals surface area contributed by atoms with Gasteiger partial charge in [-0.05, 0) is 45.0 Å². The van der Waals surface area contributed by atoms with Gasteiger partial charge in [0.2, 0.25) is 0 Å². The highest BCUT2D eigenvalue weighted by Gasteiger charge is 2.16. The Labute approximate surface area is 135 Å². The number of pyridine rings is 1. The molecule has 3 rings (SSSR count). The van der Waals surface area contributed by atoms with Gasteiger partial charge in [0, 0.05) is 22.0 Å². The molecule has 2 aromatic carbocycles. The number of para-hydroxylation sites is 1. The van der Waals surface area contributed by atoms with Crippen LogP contribution in [0.2, 0.25) is 5.02 Å². The fourth-order valence-electron chi connectivity index (χ4n) is 2.33. The van der Waals surface area contributed by atoms with Crippen LogP contribution in [0.4, 0.5) is 0 Å². The summed E-state index contributed by atoms with van der Waals surface area (Å²) in [4.78, 5) is 4.74. The smallest absolute Gasteiger partial charge is 0.131 e. The van der Waals surface area contributed by atoms with Crippen LogP contribution in [0, 0.1) is 0 Å². The fraction of sp³-hybridized carbons (Fsp3) is 0.211. The fourth-order valence-corrected chi connectivity index (χ4v) is 2.45. The van der Waals surface area contributed by atoms with Crippen LogP contribution in [-0.4, -0.2) is 10.6 Å². The van der Waals surface area contributed by atoms with E-state index in [1.54, 1.807) is 0 Å². The van der Waals surface area contributed by atoms with Gasteiger partial charge in [0.25, 0.3) is 0 Å². The van der Waals surface area contributed by atoms with Gasteiger partial charge in [0.05, 0.1) is 11.2 Å². The number of rotatable bonds is 2. The maximum Gasteiger partial charge on any atom is 0.131 e. The van der Waals surface area contributed by atoms with Crippen LogP contribution < -0.4 is 4.74 Å². The Morgan fingerprint density at radius 1 is 0.955 bits per heavy atom. The van der Waals surface area contributed by atoms with E-state index in [-0.39, 0.29) is 5.60 Å². The topological polar surface area (TPSA) is 22.1 Å². The quantitative estimate of drug-likeness (QED) is 0.602. The molecule has 2 nitrogen and oxygen atoms in total. The third-order valence-corrected chi connectivity index (χ3v) is 3.49. The first kappa shape index (κ1) is 14.9. The molecule has 3 aromatic rings. The number of benzene rings is 2. The second kappa shape index (κ2) is 5.62. The van der Waals surface area contributed by atoms with Gasteiger partial charge in [0.15, 0.2) is 0 Å². The van der Waals surface area contributed by atoms with Crippen molar-refractivity contribution in [2.24, 2.45) is 0 Å². The first-order valence-corrected chi connectivity index (χ1v) is 7.65. The normalized spacial score (nSPS) is 11.6. The highest BCUT2D eigenvalue weighted by atomic mass is 35.5. The van der Waals surface area contributed by atoms with Crippen LogP contribution in [-0.2, 0) is 0 Å². The molecule has 0 saturated carbocycles. The summed E-state index contributed by atoms with van der Waals surface area (Å²) in [5.74, 6) is 0.850. The molecule has 0 aliphatic heterocycles. The number of nitrogens with zero attached hydrogens (tertiary/aromatic N) is 1. The molecule has 1 aromatic heterocycles. The summed E-state index contributed by atoms with van der Waals surface area (Å²) in [5.41, 5.74) is 2.57. The standard InChI is InChI=1S/C19H18ClNO/c1-19(2,3)22-18-12-17(13-8-10-14(20)11-9-13)21-16-7-5-4-6-15(16)18/h4-12H,1-3H3. The molecule has 0 fully saturated rings. The molecule has 22 heavy (non-hydrogen) atoms. The molecular weight excluding hydrogens is 294 g/mol. The van der Waals surface area contributed by atoms with Crippen molar-refractivity contribution in [3.05, 3.63) is 59.6 Å². The lowest BCUT2D eigenvalue weighted by Crippen LogP contribution is -2.23. The number of halogens is 1. The van der Waals surface area contributed by atoms with E-state index in [2.05, 4.69) is 0 Å². The van der Waals surface area contributed by atoms with E-state index in [0.29, 0.717) is 0 Å². The molecule has 0 unspecified atom stereocenters. The van der Waals surface area contributed by atoms with Crippen molar-refractivity contribution in [3.8, 4) is 17.0 Å². The third kappa shape index (κ3) is 3.23. The van der Waals surface area contributed by atoms with Gasteiger partial charge in [-0.2, -0.15) is 0 Å². The van der Waals surface area contributed by atoms with Crippen molar-refractivity contribution in [1.82, 2.24) is 4.98 Å². The minimum absolute atomic E-state index is 0.263. The predicted octanol–water partition coefficient (Wildman–Crippen LogP) is 5.73. The van der Waals surface area contributed by atoms with Crippen LogP contribution in [0.1, 0.15) is 20.8 Å². The van der Waals surface area contributed by atoms with Crippen molar-refractivity contribution < 1.29 is 4.74 Å². The highest BCUT2D eigenvalue weighted by Crippen LogP contribution is 2.32. The minimum atomic E-state index is -0.263. The second-order valence-corrected chi connectivity index (χ2v) is 6.68. The average Bonchev–Trinajstić information content (AvgIpc) is 2.46. The van der Waals surface area contributed by atoms with Gasteiger partial charge in [-0.1, -0.05) is 35.9 Å². The molecule has 0 atom stereocenters. The lowest BCUT2D eigenvalue weighted by Gasteiger charge is -2.23. The molecule has 0 spiro atoms. The van der Waals surface area contributed by atoms with Crippen LogP contribution in [0.15, 0.2) is 54.6 Å². The van der Waals surface area contributed by atoms with E-state index in [4.69, 9.17) is 21.3 Å². The van der Waals surface area contributed by atoms with Crippen LogP contribution in [0.3, 0.4) is 0 Å². The van der Waals surface area contributed by atoms with Gasteiger partial charge < -0.3 is 4.74 Å². The van der Waals surface area contributed by atoms with E-state index in [1.807, 2.05) is 75.4 Å². The molecule has 0 aliphatic rings. The predicted molar refractivity (Wildman–Crippen MR) is 92.6 cm³/mol. The highest BCUT2D eigenvalue weighted by molar-refractivity contribution is 6.30. The van der Waals surface area contributed by atoms with Gasteiger partial charge in [-0.3, -0.25) is 0 Å². The summed E-state index contributed by atoms with van der Waals surface area (Å²) in [6.45, 7) is 6.14. The Kier molecular flexibility index (Phi) is 3.79. The van der Waals surface area contributed by atoms with Crippen LogP contribution in [0.25, 0.3) is 22.2 Å². The summed E-state index contributed by atoms with van der Waals surface area (Å²) in [5, 5.41) is 1.74.